The summed E-state index contributed by atoms with van der Waals surface area (Å²) in [5, 5.41) is 8.78. The Bertz CT molecular complexity index is 900. The number of likely N-dealkylation sites (tertiary alicyclic amines) is 1. The fraction of sp³-hybridized carbons (Fsp3) is 0.571. The number of aromatic nitrogens is 1. The Morgan fingerprint density at radius 2 is 2.17 bits per heavy atom. The number of aryl methyl sites for hydroxylation is 2. The molecule has 2 aliphatic heterocycles. The summed E-state index contributed by atoms with van der Waals surface area (Å²) in [4.78, 5) is 30.7. The SMILES string of the molecule is CNC(=O)[C@@H]1CCCN(C(=O)c2csc3c2CCN(Cc2c(C)noc2C)C3)C1. The van der Waals surface area contributed by atoms with Crippen LogP contribution >= 0.6 is 11.3 Å². The van der Waals surface area contributed by atoms with Gasteiger partial charge in [0.1, 0.15) is 5.76 Å². The van der Waals surface area contributed by atoms with Crippen LogP contribution in [0.4, 0.5) is 0 Å². The Morgan fingerprint density at radius 3 is 2.90 bits per heavy atom. The van der Waals surface area contributed by atoms with Gasteiger partial charge in [-0.15, -0.1) is 11.3 Å². The molecule has 1 fully saturated rings. The topological polar surface area (TPSA) is 78.7 Å². The lowest BCUT2D eigenvalue weighted by Gasteiger charge is -2.32. The third-order valence-corrected chi connectivity index (χ3v) is 7.16. The summed E-state index contributed by atoms with van der Waals surface area (Å²) in [7, 11) is 1.66. The van der Waals surface area contributed by atoms with E-state index in [1.807, 2.05) is 24.1 Å². The van der Waals surface area contributed by atoms with Gasteiger partial charge < -0.3 is 14.7 Å². The number of nitrogens with zero attached hydrogens (tertiary/aromatic N) is 3. The summed E-state index contributed by atoms with van der Waals surface area (Å²) < 4.78 is 5.29. The van der Waals surface area contributed by atoms with Gasteiger partial charge in [0, 0.05) is 55.6 Å². The minimum atomic E-state index is -0.0993. The molecule has 4 rings (SSSR count). The number of hydrogen-bond acceptors (Lipinski definition) is 6. The summed E-state index contributed by atoms with van der Waals surface area (Å²) in [5.41, 5.74) is 4.14. The normalized spacial score (nSPS) is 19.8. The average Bonchev–Trinajstić information content (AvgIpc) is 3.30. The largest absolute Gasteiger partial charge is 0.361 e. The van der Waals surface area contributed by atoms with Crippen molar-refractivity contribution < 1.29 is 14.1 Å². The van der Waals surface area contributed by atoms with Crippen LogP contribution in [-0.2, 0) is 24.3 Å². The summed E-state index contributed by atoms with van der Waals surface area (Å²) >= 11 is 1.67. The standard InChI is InChI=1S/C21H28N4O3S/c1-13-17(14(2)28-23-13)10-24-8-6-16-18(12-29-19(16)11-24)21(27)25-7-4-5-15(9-25)20(26)22-3/h12,15H,4-11H2,1-3H3,(H,22,26)/t15-/m1/s1. The molecule has 4 heterocycles. The van der Waals surface area contributed by atoms with E-state index in [0.29, 0.717) is 6.54 Å². The minimum Gasteiger partial charge on any atom is -0.361 e. The number of rotatable bonds is 4. The maximum absolute atomic E-state index is 13.2. The molecule has 2 aromatic rings. The highest BCUT2D eigenvalue weighted by molar-refractivity contribution is 7.10. The van der Waals surface area contributed by atoms with E-state index in [1.54, 1.807) is 18.4 Å². The summed E-state index contributed by atoms with van der Waals surface area (Å²) in [5.74, 6) is 0.893. The maximum Gasteiger partial charge on any atom is 0.255 e. The van der Waals surface area contributed by atoms with E-state index >= 15 is 0 Å². The van der Waals surface area contributed by atoms with Gasteiger partial charge in [0.15, 0.2) is 0 Å². The number of thiophene rings is 1. The predicted molar refractivity (Wildman–Crippen MR) is 111 cm³/mol. The molecule has 0 saturated carbocycles. The Labute approximate surface area is 175 Å². The lowest BCUT2D eigenvalue weighted by atomic mass is 9.95. The van der Waals surface area contributed by atoms with Crippen molar-refractivity contribution in [3.63, 3.8) is 0 Å². The third kappa shape index (κ3) is 3.96. The van der Waals surface area contributed by atoms with Crippen LogP contribution in [0.2, 0.25) is 0 Å². The van der Waals surface area contributed by atoms with Crippen LogP contribution in [0.3, 0.4) is 0 Å². The van der Waals surface area contributed by atoms with Crippen molar-refractivity contribution in [2.45, 2.75) is 46.2 Å². The molecule has 0 unspecified atom stereocenters. The molecule has 156 valence electrons. The third-order valence-electron chi connectivity index (χ3n) is 6.15. The number of amides is 2. The smallest absolute Gasteiger partial charge is 0.255 e. The van der Waals surface area contributed by atoms with Crippen molar-refractivity contribution >= 4 is 23.2 Å². The zero-order valence-electron chi connectivity index (χ0n) is 17.3. The molecule has 1 saturated heterocycles. The fourth-order valence-electron chi connectivity index (χ4n) is 4.40. The van der Waals surface area contributed by atoms with Crippen LogP contribution in [0.15, 0.2) is 9.90 Å². The van der Waals surface area contributed by atoms with Crippen molar-refractivity contribution in [1.82, 2.24) is 20.3 Å². The number of carbonyl (C=O) groups is 2. The van der Waals surface area contributed by atoms with Gasteiger partial charge in [-0.1, -0.05) is 5.16 Å². The van der Waals surface area contributed by atoms with Gasteiger partial charge in [-0.25, -0.2) is 0 Å². The lowest BCUT2D eigenvalue weighted by Crippen LogP contribution is -2.45. The molecule has 2 aliphatic rings. The second kappa shape index (κ2) is 8.28. The Hall–Kier alpha value is -2.19. The molecular weight excluding hydrogens is 388 g/mol. The molecule has 0 aliphatic carbocycles. The van der Waals surface area contributed by atoms with Crippen molar-refractivity contribution in [2.75, 3.05) is 26.7 Å². The zero-order valence-corrected chi connectivity index (χ0v) is 18.1. The highest BCUT2D eigenvalue weighted by atomic mass is 32.1. The molecule has 0 radical (unpaired) electrons. The van der Waals surface area contributed by atoms with Crippen molar-refractivity contribution in [2.24, 2.45) is 5.92 Å². The quantitative estimate of drug-likeness (QED) is 0.829. The van der Waals surface area contributed by atoms with Gasteiger partial charge in [0.25, 0.3) is 5.91 Å². The zero-order chi connectivity index (χ0) is 20.5. The Morgan fingerprint density at radius 1 is 1.34 bits per heavy atom. The number of piperidine rings is 1. The highest BCUT2D eigenvalue weighted by Gasteiger charge is 2.31. The van der Waals surface area contributed by atoms with Crippen LogP contribution in [0.5, 0.6) is 0 Å². The van der Waals surface area contributed by atoms with Gasteiger partial charge >= 0.3 is 0 Å². The molecule has 0 aromatic carbocycles. The molecule has 2 amide bonds. The van der Waals surface area contributed by atoms with Crippen LogP contribution in [-0.4, -0.2) is 53.5 Å². The first kappa shape index (κ1) is 20.1. The first-order valence-corrected chi connectivity index (χ1v) is 11.1. The van der Waals surface area contributed by atoms with Gasteiger partial charge in [-0.2, -0.15) is 0 Å². The van der Waals surface area contributed by atoms with E-state index in [0.717, 1.165) is 68.0 Å². The molecular formula is C21H28N4O3S. The van der Waals surface area contributed by atoms with Gasteiger partial charge in [-0.05, 0) is 38.7 Å². The molecule has 1 atom stereocenters. The predicted octanol–water partition coefficient (Wildman–Crippen LogP) is 2.51. The molecule has 8 heteroatoms. The Kier molecular flexibility index (Phi) is 5.74. The van der Waals surface area contributed by atoms with Crippen LogP contribution in [0, 0.1) is 19.8 Å². The molecule has 29 heavy (non-hydrogen) atoms. The maximum atomic E-state index is 13.2. The van der Waals surface area contributed by atoms with E-state index in [9.17, 15) is 9.59 Å². The van der Waals surface area contributed by atoms with E-state index in [1.165, 1.54) is 10.4 Å². The van der Waals surface area contributed by atoms with Crippen molar-refractivity contribution in [3.8, 4) is 0 Å². The van der Waals surface area contributed by atoms with Crippen LogP contribution in [0.1, 0.15) is 50.7 Å². The first-order valence-electron chi connectivity index (χ1n) is 10.2. The number of nitrogens with one attached hydrogen (secondary N) is 1. The van der Waals surface area contributed by atoms with E-state index in [2.05, 4.69) is 15.4 Å². The van der Waals surface area contributed by atoms with E-state index in [4.69, 9.17) is 4.52 Å². The van der Waals surface area contributed by atoms with E-state index in [-0.39, 0.29) is 17.7 Å². The van der Waals surface area contributed by atoms with Crippen LogP contribution in [0.25, 0.3) is 0 Å². The average molecular weight is 417 g/mol. The molecule has 1 N–H and O–H groups in total. The summed E-state index contributed by atoms with van der Waals surface area (Å²) in [6, 6.07) is 0. The summed E-state index contributed by atoms with van der Waals surface area (Å²) in [6.07, 6.45) is 2.60. The first-order chi connectivity index (χ1) is 14.0. The minimum absolute atomic E-state index is 0.0322. The van der Waals surface area contributed by atoms with Gasteiger partial charge in [0.05, 0.1) is 17.2 Å². The molecule has 7 nitrogen and oxygen atoms in total. The van der Waals surface area contributed by atoms with Crippen LogP contribution < -0.4 is 5.32 Å². The summed E-state index contributed by atoms with van der Waals surface area (Å²) in [6.45, 7) is 7.76. The van der Waals surface area contributed by atoms with Crippen molar-refractivity contribution in [1.29, 1.82) is 0 Å². The second-order valence-electron chi connectivity index (χ2n) is 8.02. The number of fused-ring (bicyclic) bond motifs is 1. The molecule has 2 aromatic heterocycles. The van der Waals surface area contributed by atoms with Crippen molar-refractivity contribution in [3.05, 3.63) is 38.4 Å². The number of hydrogen-bond donors (Lipinski definition) is 1. The Balaban J connectivity index is 1.45. The molecule has 0 bridgehead atoms. The fourth-order valence-corrected chi connectivity index (χ4v) is 5.51. The second-order valence-corrected chi connectivity index (χ2v) is 8.98. The monoisotopic (exact) mass is 416 g/mol. The van der Waals surface area contributed by atoms with Gasteiger partial charge in [0.2, 0.25) is 5.91 Å². The number of carbonyl (C=O) groups excluding carboxylic acids is 2. The van der Waals surface area contributed by atoms with Gasteiger partial charge in [-0.3, -0.25) is 14.5 Å². The van der Waals surface area contributed by atoms with E-state index < -0.39 is 0 Å². The highest BCUT2D eigenvalue weighted by Crippen LogP contribution is 2.31. The lowest BCUT2D eigenvalue weighted by molar-refractivity contribution is -0.125. The molecule has 0 spiro atoms.